The fourth-order valence-corrected chi connectivity index (χ4v) is 3.25. The Morgan fingerprint density at radius 2 is 1.88 bits per heavy atom. The number of carbonyl (C=O) groups excluding carboxylic acids is 1. The first kappa shape index (κ1) is 17.6. The molecule has 3 rings (SSSR count). The van der Waals surface area contributed by atoms with Crippen LogP contribution in [0.5, 0.6) is 0 Å². The zero-order valence-corrected chi connectivity index (χ0v) is 15.6. The van der Waals surface area contributed by atoms with Gasteiger partial charge in [0, 0.05) is 44.6 Å². The van der Waals surface area contributed by atoms with Gasteiger partial charge in [-0.05, 0) is 45.9 Å². The topological polar surface area (TPSA) is 54.3 Å². The highest BCUT2D eigenvalue weighted by atomic mass is 16.2. The fraction of sp³-hybridized carbons (Fsp3) is 0.526. The third-order valence-electron chi connectivity index (χ3n) is 4.51. The van der Waals surface area contributed by atoms with E-state index in [-0.39, 0.29) is 11.4 Å². The SMILES string of the molecule is Cc1cc(C(=O)N2CCN(Cc3ccccn3)CC2)nn1C(C)(C)C. The van der Waals surface area contributed by atoms with Crippen molar-refractivity contribution >= 4 is 5.91 Å². The van der Waals surface area contributed by atoms with Crippen molar-refractivity contribution in [1.82, 2.24) is 24.6 Å². The van der Waals surface area contributed by atoms with E-state index in [0.717, 1.165) is 44.1 Å². The van der Waals surface area contributed by atoms with E-state index in [0.29, 0.717) is 5.69 Å². The molecule has 0 radical (unpaired) electrons. The van der Waals surface area contributed by atoms with Gasteiger partial charge < -0.3 is 4.90 Å². The molecule has 0 aromatic carbocycles. The van der Waals surface area contributed by atoms with E-state index in [1.54, 1.807) is 0 Å². The molecule has 6 heteroatoms. The Bertz CT molecular complexity index is 724. The van der Waals surface area contributed by atoms with Crippen molar-refractivity contribution in [3.05, 3.63) is 47.5 Å². The zero-order valence-electron chi connectivity index (χ0n) is 15.6. The lowest BCUT2D eigenvalue weighted by molar-refractivity contribution is 0.0619. The van der Waals surface area contributed by atoms with Crippen LogP contribution in [0.2, 0.25) is 0 Å². The number of aromatic nitrogens is 3. The van der Waals surface area contributed by atoms with Crippen molar-refractivity contribution in [2.75, 3.05) is 26.2 Å². The summed E-state index contributed by atoms with van der Waals surface area (Å²) in [6.07, 6.45) is 1.82. The Balaban J connectivity index is 1.60. The summed E-state index contributed by atoms with van der Waals surface area (Å²) in [4.78, 5) is 21.4. The number of pyridine rings is 1. The highest BCUT2D eigenvalue weighted by molar-refractivity contribution is 5.92. The maximum Gasteiger partial charge on any atom is 0.274 e. The third kappa shape index (κ3) is 4.07. The van der Waals surface area contributed by atoms with Gasteiger partial charge in [-0.1, -0.05) is 6.07 Å². The predicted molar refractivity (Wildman–Crippen MR) is 97.4 cm³/mol. The average Bonchev–Trinajstić information content (AvgIpc) is 2.98. The molecule has 2 aromatic rings. The lowest BCUT2D eigenvalue weighted by atomic mass is 10.1. The van der Waals surface area contributed by atoms with E-state index in [4.69, 9.17) is 0 Å². The van der Waals surface area contributed by atoms with Crippen LogP contribution in [0.4, 0.5) is 0 Å². The Kier molecular flexibility index (Phi) is 4.90. The molecular formula is C19H27N5O. The molecule has 25 heavy (non-hydrogen) atoms. The van der Waals surface area contributed by atoms with E-state index in [1.165, 1.54) is 0 Å². The summed E-state index contributed by atoms with van der Waals surface area (Å²) < 4.78 is 1.93. The van der Waals surface area contributed by atoms with Crippen LogP contribution in [0.1, 0.15) is 42.6 Å². The number of piperazine rings is 1. The lowest BCUT2D eigenvalue weighted by Crippen LogP contribution is -2.48. The van der Waals surface area contributed by atoms with Crippen molar-refractivity contribution < 1.29 is 4.79 Å². The van der Waals surface area contributed by atoms with Crippen LogP contribution in [0, 0.1) is 6.92 Å². The lowest BCUT2D eigenvalue weighted by Gasteiger charge is -2.34. The van der Waals surface area contributed by atoms with Crippen LogP contribution < -0.4 is 0 Å². The second-order valence-electron chi connectivity index (χ2n) is 7.64. The van der Waals surface area contributed by atoms with Crippen LogP contribution in [0.25, 0.3) is 0 Å². The minimum atomic E-state index is -0.121. The summed E-state index contributed by atoms with van der Waals surface area (Å²) in [6.45, 7) is 12.3. The summed E-state index contributed by atoms with van der Waals surface area (Å²) >= 11 is 0. The number of nitrogens with zero attached hydrogens (tertiary/aromatic N) is 5. The molecular weight excluding hydrogens is 314 g/mol. The van der Waals surface area contributed by atoms with Gasteiger partial charge in [-0.3, -0.25) is 19.4 Å². The van der Waals surface area contributed by atoms with Crippen LogP contribution in [-0.4, -0.2) is 56.7 Å². The van der Waals surface area contributed by atoms with Gasteiger partial charge in [0.2, 0.25) is 0 Å². The molecule has 2 aromatic heterocycles. The molecule has 0 aliphatic carbocycles. The molecule has 0 saturated carbocycles. The highest BCUT2D eigenvalue weighted by Gasteiger charge is 2.26. The number of aryl methyl sites for hydroxylation is 1. The number of amides is 1. The monoisotopic (exact) mass is 341 g/mol. The predicted octanol–water partition coefficient (Wildman–Crippen LogP) is 2.30. The Morgan fingerprint density at radius 3 is 2.44 bits per heavy atom. The quantitative estimate of drug-likeness (QED) is 0.860. The first-order valence-electron chi connectivity index (χ1n) is 8.83. The molecule has 0 bridgehead atoms. The molecule has 134 valence electrons. The van der Waals surface area contributed by atoms with Gasteiger partial charge in [0.15, 0.2) is 5.69 Å². The minimum Gasteiger partial charge on any atom is -0.335 e. The largest absolute Gasteiger partial charge is 0.335 e. The highest BCUT2D eigenvalue weighted by Crippen LogP contribution is 2.18. The molecule has 0 N–H and O–H groups in total. The number of rotatable bonds is 3. The molecule has 0 spiro atoms. The van der Waals surface area contributed by atoms with Crippen molar-refractivity contribution in [3.63, 3.8) is 0 Å². The molecule has 1 aliphatic rings. The van der Waals surface area contributed by atoms with Crippen LogP contribution >= 0.6 is 0 Å². The van der Waals surface area contributed by atoms with Crippen molar-refractivity contribution in [3.8, 4) is 0 Å². The van der Waals surface area contributed by atoms with Gasteiger partial charge in [0.25, 0.3) is 5.91 Å². The van der Waals surface area contributed by atoms with E-state index in [9.17, 15) is 4.79 Å². The summed E-state index contributed by atoms with van der Waals surface area (Å²) in [7, 11) is 0. The van der Waals surface area contributed by atoms with Crippen LogP contribution in [0.3, 0.4) is 0 Å². The van der Waals surface area contributed by atoms with Gasteiger partial charge in [0.05, 0.1) is 11.2 Å². The molecule has 1 amide bonds. The van der Waals surface area contributed by atoms with E-state index in [1.807, 2.05) is 47.0 Å². The molecule has 1 saturated heterocycles. The first-order valence-corrected chi connectivity index (χ1v) is 8.83. The maximum absolute atomic E-state index is 12.8. The third-order valence-corrected chi connectivity index (χ3v) is 4.51. The number of hydrogen-bond donors (Lipinski definition) is 0. The molecule has 0 atom stereocenters. The molecule has 6 nitrogen and oxygen atoms in total. The van der Waals surface area contributed by atoms with Gasteiger partial charge in [0.1, 0.15) is 0 Å². The van der Waals surface area contributed by atoms with Gasteiger partial charge >= 0.3 is 0 Å². The zero-order chi connectivity index (χ0) is 18.0. The van der Waals surface area contributed by atoms with Gasteiger partial charge in [-0.2, -0.15) is 5.10 Å². The second-order valence-corrected chi connectivity index (χ2v) is 7.64. The van der Waals surface area contributed by atoms with Crippen molar-refractivity contribution in [1.29, 1.82) is 0 Å². The molecule has 1 aliphatic heterocycles. The van der Waals surface area contributed by atoms with E-state index < -0.39 is 0 Å². The van der Waals surface area contributed by atoms with Gasteiger partial charge in [-0.15, -0.1) is 0 Å². The normalized spacial score (nSPS) is 16.2. The van der Waals surface area contributed by atoms with Crippen molar-refractivity contribution in [2.24, 2.45) is 0 Å². The Hall–Kier alpha value is -2.21. The minimum absolute atomic E-state index is 0.0311. The van der Waals surface area contributed by atoms with Crippen LogP contribution in [0.15, 0.2) is 30.5 Å². The van der Waals surface area contributed by atoms with E-state index in [2.05, 4.69) is 35.8 Å². The molecule has 1 fully saturated rings. The average molecular weight is 341 g/mol. The van der Waals surface area contributed by atoms with Crippen LogP contribution in [-0.2, 0) is 12.1 Å². The maximum atomic E-state index is 12.8. The number of hydrogen-bond acceptors (Lipinski definition) is 4. The fourth-order valence-electron chi connectivity index (χ4n) is 3.25. The Morgan fingerprint density at radius 1 is 1.16 bits per heavy atom. The first-order chi connectivity index (χ1) is 11.8. The summed E-state index contributed by atoms with van der Waals surface area (Å²) in [5.41, 5.74) is 2.52. The van der Waals surface area contributed by atoms with E-state index >= 15 is 0 Å². The standard InChI is InChI=1S/C19H27N5O/c1-15-13-17(21-24(15)19(2,3)4)18(25)23-11-9-22(10-12-23)14-16-7-5-6-8-20-16/h5-8,13H,9-12,14H2,1-4H3. The summed E-state index contributed by atoms with van der Waals surface area (Å²) in [6, 6.07) is 7.88. The molecule has 3 heterocycles. The Labute approximate surface area is 149 Å². The number of carbonyl (C=O) groups is 1. The van der Waals surface area contributed by atoms with Crippen molar-refractivity contribution in [2.45, 2.75) is 39.8 Å². The summed E-state index contributed by atoms with van der Waals surface area (Å²) in [5.74, 6) is 0.0311. The smallest absolute Gasteiger partial charge is 0.274 e. The summed E-state index contributed by atoms with van der Waals surface area (Å²) in [5, 5.41) is 4.54. The van der Waals surface area contributed by atoms with Gasteiger partial charge in [-0.25, -0.2) is 0 Å². The second kappa shape index (κ2) is 6.96. The molecule has 0 unspecified atom stereocenters.